The Kier molecular flexibility index (Phi) is 5.94. The van der Waals surface area contributed by atoms with Gasteiger partial charge in [-0.15, -0.1) is 11.3 Å². The van der Waals surface area contributed by atoms with E-state index in [1.54, 1.807) is 16.7 Å². The number of ether oxygens (including phenoxy) is 1. The van der Waals surface area contributed by atoms with E-state index in [2.05, 4.69) is 10.3 Å². The number of amides is 1. The number of hydrogen-bond donors (Lipinski definition) is 1. The number of carbonyl (C=O) groups excluding carboxylic acids is 3. The molecule has 1 aromatic carbocycles. The molecule has 0 fully saturated rings. The van der Waals surface area contributed by atoms with Gasteiger partial charge in [-0.1, -0.05) is 0 Å². The van der Waals surface area contributed by atoms with Crippen LogP contribution in [0.5, 0.6) is 0 Å². The lowest BCUT2D eigenvalue weighted by Gasteiger charge is -2.07. The summed E-state index contributed by atoms with van der Waals surface area (Å²) >= 11 is 1.32. The number of benzene rings is 1. The molecule has 1 amide bonds. The van der Waals surface area contributed by atoms with Crippen molar-refractivity contribution >= 4 is 39.9 Å². The van der Waals surface area contributed by atoms with Gasteiger partial charge in [0.15, 0.2) is 6.61 Å². The second-order valence-electron chi connectivity index (χ2n) is 7.32. The fourth-order valence-electron chi connectivity index (χ4n) is 3.52. The van der Waals surface area contributed by atoms with E-state index in [-0.39, 0.29) is 29.4 Å². The second-order valence-corrected chi connectivity index (χ2v) is 8.49. The molecule has 31 heavy (non-hydrogen) atoms. The average molecular weight is 439 g/mol. The third kappa shape index (κ3) is 4.56. The molecule has 160 valence electrons. The Balaban J connectivity index is 1.39. The molecule has 0 bridgehead atoms. The minimum atomic E-state index is -0.639. The number of aryl methyl sites for hydroxylation is 1. The van der Waals surface area contributed by atoms with Gasteiger partial charge in [0, 0.05) is 31.3 Å². The Hall–Kier alpha value is -3.33. The number of aromatic nitrogens is 2. The zero-order valence-electron chi connectivity index (χ0n) is 17.0. The van der Waals surface area contributed by atoms with Crippen LogP contribution in [0, 0.1) is 0 Å². The summed E-state index contributed by atoms with van der Waals surface area (Å²) in [7, 11) is 0. The van der Waals surface area contributed by atoms with Crippen LogP contribution in [0.25, 0.3) is 10.9 Å². The first kappa shape index (κ1) is 20.9. The number of hydrogen-bond acceptors (Lipinski definition) is 7. The maximum absolute atomic E-state index is 12.5. The number of ketones is 1. The largest absolute Gasteiger partial charge is 0.454 e. The molecular formula is C22H21N3O5S. The van der Waals surface area contributed by atoms with E-state index >= 15 is 0 Å². The smallest absolute Gasteiger partial charge is 0.338 e. The molecule has 3 aromatic rings. The molecule has 1 aliphatic heterocycles. The molecule has 0 saturated carbocycles. The number of fused-ring (bicyclic) bond motifs is 2. The molecule has 0 spiro atoms. The van der Waals surface area contributed by atoms with E-state index in [0.717, 1.165) is 23.5 Å². The van der Waals surface area contributed by atoms with Gasteiger partial charge >= 0.3 is 5.97 Å². The Bertz CT molecular complexity index is 1240. The number of esters is 1. The van der Waals surface area contributed by atoms with Crippen LogP contribution < -0.4 is 10.9 Å². The van der Waals surface area contributed by atoms with Crippen molar-refractivity contribution in [3.05, 3.63) is 61.8 Å². The van der Waals surface area contributed by atoms with Gasteiger partial charge in [-0.25, -0.2) is 9.78 Å². The van der Waals surface area contributed by atoms with Crippen molar-refractivity contribution in [1.29, 1.82) is 0 Å². The van der Waals surface area contributed by atoms with Crippen molar-refractivity contribution in [3.8, 4) is 0 Å². The number of rotatable bonds is 7. The highest BCUT2D eigenvalue weighted by atomic mass is 32.1. The lowest BCUT2D eigenvalue weighted by atomic mass is 10.1. The highest BCUT2D eigenvalue weighted by Crippen LogP contribution is 2.19. The molecule has 8 nitrogen and oxygen atoms in total. The number of Topliss-reactive ketones (excluding diaryl/α,β-unsaturated/α-hetero) is 1. The zero-order valence-corrected chi connectivity index (χ0v) is 17.8. The van der Waals surface area contributed by atoms with Gasteiger partial charge in [-0.05, 0) is 43.2 Å². The molecule has 9 heteroatoms. The van der Waals surface area contributed by atoms with Crippen molar-refractivity contribution in [2.24, 2.45) is 0 Å². The van der Waals surface area contributed by atoms with E-state index in [0.29, 0.717) is 35.3 Å². The van der Waals surface area contributed by atoms with Crippen LogP contribution in [-0.4, -0.2) is 40.4 Å². The normalized spacial score (nSPS) is 12.5. The van der Waals surface area contributed by atoms with Gasteiger partial charge in [-0.2, -0.15) is 0 Å². The summed E-state index contributed by atoms with van der Waals surface area (Å²) in [5.41, 5.74) is 0.609. The fourth-order valence-corrected chi connectivity index (χ4v) is 4.45. The first-order valence-electron chi connectivity index (χ1n) is 9.99. The minimum Gasteiger partial charge on any atom is -0.454 e. The van der Waals surface area contributed by atoms with Crippen molar-refractivity contribution in [3.63, 3.8) is 0 Å². The van der Waals surface area contributed by atoms with Gasteiger partial charge in [0.25, 0.3) is 5.56 Å². The minimum absolute atomic E-state index is 0.0976. The molecular weight excluding hydrogens is 418 g/mol. The Morgan fingerprint density at radius 1 is 1.23 bits per heavy atom. The van der Waals surface area contributed by atoms with Gasteiger partial charge in [-0.3, -0.25) is 19.0 Å². The summed E-state index contributed by atoms with van der Waals surface area (Å²) in [4.78, 5) is 54.2. The number of nitrogens with one attached hydrogen (secondary N) is 1. The van der Waals surface area contributed by atoms with Gasteiger partial charge in [0.05, 0.1) is 21.3 Å². The maximum atomic E-state index is 12.5. The molecule has 0 unspecified atom stereocenters. The first-order valence-corrected chi connectivity index (χ1v) is 10.8. The van der Waals surface area contributed by atoms with Gasteiger partial charge in [0.2, 0.25) is 11.7 Å². The van der Waals surface area contributed by atoms with Crippen LogP contribution in [0.15, 0.2) is 35.1 Å². The van der Waals surface area contributed by atoms with Crippen LogP contribution >= 0.6 is 11.3 Å². The Morgan fingerprint density at radius 2 is 2.06 bits per heavy atom. The Labute approximate surface area is 181 Å². The second kappa shape index (κ2) is 8.81. The quantitative estimate of drug-likeness (QED) is 0.446. The first-order chi connectivity index (χ1) is 14.9. The lowest BCUT2D eigenvalue weighted by molar-refractivity contribution is -0.118. The topological polar surface area (TPSA) is 107 Å². The van der Waals surface area contributed by atoms with Crippen molar-refractivity contribution in [2.75, 3.05) is 13.2 Å². The van der Waals surface area contributed by atoms with Crippen LogP contribution in [-0.2, 0) is 28.9 Å². The van der Waals surface area contributed by atoms with Crippen LogP contribution in [0.3, 0.4) is 0 Å². The van der Waals surface area contributed by atoms with Crippen molar-refractivity contribution in [2.45, 2.75) is 32.7 Å². The predicted molar refractivity (Wildman–Crippen MR) is 116 cm³/mol. The molecule has 0 radical (unpaired) electrons. The van der Waals surface area contributed by atoms with Gasteiger partial charge in [0.1, 0.15) is 5.82 Å². The monoisotopic (exact) mass is 439 g/mol. The van der Waals surface area contributed by atoms with Gasteiger partial charge < -0.3 is 10.1 Å². The van der Waals surface area contributed by atoms with E-state index < -0.39 is 5.97 Å². The van der Waals surface area contributed by atoms with E-state index in [1.807, 2.05) is 6.07 Å². The average Bonchev–Trinajstić information content (AvgIpc) is 3.41. The lowest BCUT2D eigenvalue weighted by Crippen LogP contribution is -2.22. The SMILES string of the molecule is CC(=O)NCCc1ccc(C(=O)COC(=O)c2ccc3c(=O)n4c(nc3c2)CCC4)s1. The number of nitrogens with zero attached hydrogens (tertiary/aromatic N) is 2. The fraction of sp³-hybridized carbons (Fsp3) is 0.318. The standard InChI is InChI=1S/C22H21N3O5S/c1-13(26)23-9-8-15-5-7-19(31-15)18(27)12-30-22(29)14-4-6-16-17(11-14)24-20-3-2-10-25(20)21(16)28/h4-7,11H,2-3,8-10,12H2,1H3,(H,23,26). The van der Waals surface area contributed by atoms with Crippen molar-refractivity contribution in [1.82, 2.24) is 14.9 Å². The predicted octanol–water partition coefficient (Wildman–Crippen LogP) is 2.12. The molecule has 2 aromatic heterocycles. The third-order valence-corrected chi connectivity index (χ3v) is 6.25. The highest BCUT2D eigenvalue weighted by molar-refractivity contribution is 7.14. The molecule has 1 N–H and O–H groups in total. The zero-order chi connectivity index (χ0) is 22.0. The van der Waals surface area contributed by atoms with Crippen LogP contribution in [0.4, 0.5) is 0 Å². The number of thiophene rings is 1. The summed E-state index contributed by atoms with van der Waals surface area (Å²) in [6.07, 6.45) is 2.25. The highest BCUT2D eigenvalue weighted by Gasteiger charge is 2.18. The van der Waals surface area contributed by atoms with E-state index in [4.69, 9.17) is 4.74 Å². The third-order valence-electron chi connectivity index (χ3n) is 5.07. The summed E-state index contributed by atoms with van der Waals surface area (Å²) in [5, 5.41) is 3.17. The van der Waals surface area contributed by atoms with E-state index in [9.17, 15) is 19.2 Å². The van der Waals surface area contributed by atoms with E-state index in [1.165, 1.54) is 30.4 Å². The molecule has 1 aliphatic rings. The van der Waals surface area contributed by atoms with Crippen LogP contribution in [0.1, 0.15) is 44.1 Å². The van der Waals surface area contributed by atoms with Crippen molar-refractivity contribution < 1.29 is 19.1 Å². The molecule has 4 rings (SSSR count). The molecule has 0 aliphatic carbocycles. The Morgan fingerprint density at radius 3 is 2.87 bits per heavy atom. The number of carbonyl (C=O) groups is 3. The summed E-state index contributed by atoms with van der Waals surface area (Å²) < 4.78 is 6.86. The molecule has 0 atom stereocenters. The summed E-state index contributed by atoms with van der Waals surface area (Å²) in [5.74, 6) is -0.303. The maximum Gasteiger partial charge on any atom is 0.338 e. The molecule has 3 heterocycles. The van der Waals surface area contributed by atoms with Crippen LogP contribution in [0.2, 0.25) is 0 Å². The molecule has 0 saturated heterocycles. The summed E-state index contributed by atoms with van der Waals surface area (Å²) in [6.45, 7) is 2.25. The summed E-state index contributed by atoms with van der Waals surface area (Å²) in [6, 6.07) is 8.15.